The molecular formula is C17H12F5N3O. The third-order valence-corrected chi connectivity index (χ3v) is 3.74. The monoisotopic (exact) mass is 369 g/mol. The van der Waals surface area contributed by atoms with E-state index < -0.39 is 35.0 Å². The number of benzene rings is 1. The second kappa shape index (κ2) is 6.40. The maximum atomic E-state index is 13.7. The second-order valence-electron chi connectivity index (χ2n) is 5.48. The highest BCUT2D eigenvalue weighted by Crippen LogP contribution is 2.30. The van der Waals surface area contributed by atoms with Crippen LogP contribution in [0.3, 0.4) is 0 Å². The van der Waals surface area contributed by atoms with E-state index in [2.05, 4.69) is 10.3 Å². The van der Waals surface area contributed by atoms with Crippen LogP contribution in [0.1, 0.15) is 28.7 Å². The van der Waals surface area contributed by atoms with Crippen LogP contribution in [0.15, 0.2) is 36.5 Å². The minimum Gasteiger partial charge on any atom is -0.318 e. The van der Waals surface area contributed by atoms with Crippen molar-refractivity contribution in [2.45, 2.75) is 19.5 Å². The predicted octanol–water partition coefficient (Wildman–Crippen LogP) is 4.45. The molecule has 0 aliphatic rings. The van der Waals surface area contributed by atoms with E-state index in [0.29, 0.717) is 0 Å². The normalized spacial score (nSPS) is 11.8. The Morgan fingerprint density at radius 2 is 1.92 bits per heavy atom. The maximum Gasteiger partial charge on any atom is 0.417 e. The van der Waals surface area contributed by atoms with Crippen LogP contribution in [0.2, 0.25) is 0 Å². The first-order valence-electron chi connectivity index (χ1n) is 7.55. The molecule has 0 radical (unpaired) electrons. The van der Waals surface area contributed by atoms with Crippen LogP contribution in [0.5, 0.6) is 0 Å². The van der Waals surface area contributed by atoms with Gasteiger partial charge in [-0.25, -0.2) is 13.8 Å². The average Bonchev–Trinajstić information content (AvgIpc) is 2.95. The molecule has 1 amide bonds. The third kappa shape index (κ3) is 3.24. The maximum absolute atomic E-state index is 13.7. The molecule has 0 spiro atoms. The van der Waals surface area contributed by atoms with Crippen molar-refractivity contribution < 1.29 is 26.7 Å². The summed E-state index contributed by atoms with van der Waals surface area (Å²) in [4.78, 5) is 16.7. The SMILES string of the molecule is CCc1nc2ccc(C(F)(F)F)cn2c1C(=O)Nc1cc(F)ccc1F. The minimum absolute atomic E-state index is 0.139. The molecule has 0 aliphatic heterocycles. The zero-order valence-corrected chi connectivity index (χ0v) is 13.4. The van der Waals surface area contributed by atoms with Crippen LogP contribution in [0.25, 0.3) is 5.65 Å². The van der Waals surface area contributed by atoms with Gasteiger partial charge in [0, 0.05) is 12.3 Å². The van der Waals surface area contributed by atoms with Crippen molar-refractivity contribution in [2.75, 3.05) is 5.32 Å². The van der Waals surface area contributed by atoms with Crippen LogP contribution in [-0.2, 0) is 12.6 Å². The van der Waals surface area contributed by atoms with Gasteiger partial charge in [-0.1, -0.05) is 6.92 Å². The molecule has 3 aromatic rings. The van der Waals surface area contributed by atoms with Crippen molar-refractivity contribution in [1.29, 1.82) is 0 Å². The van der Waals surface area contributed by atoms with Gasteiger partial charge in [0.15, 0.2) is 0 Å². The summed E-state index contributed by atoms with van der Waals surface area (Å²) in [6.07, 6.45) is -3.59. The van der Waals surface area contributed by atoms with Gasteiger partial charge < -0.3 is 5.32 Å². The number of hydrogen-bond acceptors (Lipinski definition) is 2. The quantitative estimate of drug-likeness (QED) is 0.694. The lowest BCUT2D eigenvalue weighted by molar-refractivity contribution is -0.137. The lowest BCUT2D eigenvalue weighted by atomic mass is 10.2. The van der Waals surface area contributed by atoms with Gasteiger partial charge in [0.05, 0.1) is 16.9 Å². The minimum atomic E-state index is -4.60. The fourth-order valence-electron chi connectivity index (χ4n) is 2.52. The first-order valence-corrected chi connectivity index (χ1v) is 7.55. The van der Waals surface area contributed by atoms with Gasteiger partial charge in [0.25, 0.3) is 5.91 Å². The highest BCUT2D eigenvalue weighted by Gasteiger charge is 2.32. The average molecular weight is 369 g/mol. The van der Waals surface area contributed by atoms with Crippen molar-refractivity contribution in [3.63, 3.8) is 0 Å². The molecule has 1 N–H and O–H groups in total. The molecule has 4 nitrogen and oxygen atoms in total. The number of imidazole rings is 1. The Labute approximate surface area is 144 Å². The van der Waals surface area contributed by atoms with E-state index in [4.69, 9.17) is 0 Å². The summed E-state index contributed by atoms with van der Waals surface area (Å²) >= 11 is 0. The number of amides is 1. The number of pyridine rings is 1. The van der Waals surface area contributed by atoms with Gasteiger partial charge >= 0.3 is 6.18 Å². The molecule has 0 atom stereocenters. The summed E-state index contributed by atoms with van der Waals surface area (Å²) in [5.74, 6) is -2.53. The van der Waals surface area contributed by atoms with Crippen molar-refractivity contribution in [3.05, 3.63) is 65.1 Å². The van der Waals surface area contributed by atoms with Crippen LogP contribution >= 0.6 is 0 Å². The lowest BCUT2D eigenvalue weighted by Gasteiger charge is -2.10. The van der Waals surface area contributed by atoms with Gasteiger partial charge in [0.2, 0.25) is 0 Å². The molecule has 0 fully saturated rings. The molecule has 0 unspecified atom stereocenters. The van der Waals surface area contributed by atoms with Gasteiger partial charge in [0.1, 0.15) is 23.0 Å². The number of hydrogen-bond donors (Lipinski definition) is 1. The molecule has 0 saturated heterocycles. The van der Waals surface area contributed by atoms with Gasteiger partial charge in [-0.2, -0.15) is 13.2 Å². The molecule has 3 rings (SSSR count). The number of rotatable bonds is 3. The van der Waals surface area contributed by atoms with E-state index in [9.17, 15) is 26.7 Å². The molecule has 9 heteroatoms. The van der Waals surface area contributed by atoms with E-state index in [0.717, 1.165) is 40.9 Å². The molecule has 0 bridgehead atoms. The first kappa shape index (κ1) is 17.8. The van der Waals surface area contributed by atoms with E-state index in [1.807, 2.05) is 0 Å². The molecule has 1 aromatic carbocycles. The summed E-state index contributed by atoms with van der Waals surface area (Å²) in [7, 11) is 0. The number of nitrogens with one attached hydrogen (secondary N) is 1. The topological polar surface area (TPSA) is 46.4 Å². The fraction of sp³-hybridized carbons (Fsp3) is 0.176. The molecule has 26 heavy (non-hydrogen) atoms. The van der Waals surface area contributed by atoms with E-state index in [1.165, 1.54) is 0 Å². The highest BCUT2D eigenvalue weighted by molar-refractivity contribution is 6.04. The zero-order valence-electron chi connectivity index (χ0n) is 13.4. The zero-order chi connectivity index (χ0) is 19.1. The molecule has 2 aromatic heterocycles. The number of anilines is 1. The summed E-state index contributed by atoms with van der Waals surface area (Å²) < 4.78 is 66.9. The highest BCUT2D eigenvalue weighted by atomic mass is 19.4. The standard InChI is InChI=1S/C17H12F5N3O/c1-2-12-15(16(26)24-13-7-10(18)4-5-11(13)19)25-8-9(17(20,21)22)3-6-14(25)23-12/h3-8H,2H2,1H3,(H,24,26). The van der Waals surface area contributed by atoms with Crippen LogP contribution in [-0.4, -0.2) is 15.3 Å². The largest absolute Gasteiger partial charge is 0.417 e. The predicted molar refractivity (Wildman–Crippen MR) is 83.9 cm³/mol. The Hall–Kier alpha value is -2.97. The van der Waals surface area contributed by atoms with Gasteiger partial charge in [-0.3, -0.25) is 9.20 Å². The van der Waals surface area contributed by atoms with Crippen LogP contribution in [0, 0.1) is 11.6 Å². The lowest BCUT2D eigenvalue weighted by Crippen LogP contribution is -2.18. The Balaban J connectivity index is 2.10. The Kier molecular flexibility index (Phi) is 4.39. The number of fused-ring (bicyclic) bond motifs is 1. The Bertz CT molecular complexity index is 994. The molecule has 0 saturated carbocycles. The molecule has 136 valence electrons. The van der Waals surface area contributed by atoms with E-state index in [1.54, 1.807) is 6.92 Å². The first-order chi connectivity index (χ1) is 12.2. The number of alkyl halides is 3. The van der Waals surface area contributed by atoms with Gasteiger partial charge in [-0.15, -0.1) is 0 Å². The Morgan fingerprint density at radius 3 is 2.58 bits per heavy atom. The van der Waals surface area contributed by atoms with Crippen molar-refractivity contribution in [1.82, 2.24) is 9.38 Å². The van der Waals surface area contributed by atoms with Crippen molar-refractivity contribution in [3.8, 4) is 0 Å². The Morgan fingerprint density at radius 1 is 1.19 bits per heavy atom. The molecule has 2 heterocycles. The number of aryl methyl sites for hydroxylation is 1. The number of halogens is 5. The summed E-state index contributed by atoms with van der Waals surface area (Å²) in [6.45, 7) is 1.67. The molecule has 0 aliphatic carbocycles. The van der Waals surface area contributed by atoms with Crippen LogP contribution in [0.4, 0.5) is 27.6 Å². The number of carbonyl (C=O) groups is 1. The van der Waals surface area contributed by atoms with Gasteiger partial charge in [-0.05, 0) is 30.7 Å². The summed E-state index contributed by atoms with van der Waals surface area (Å²) in [6, 6.07) is 4.49. The van der Waals surface area contributed by atoms with Crippen LogP contribution < -0.4 is 5.32 Å². The van der Waals surface area contributed by atoms with Crippen molar-refractivity contribution in [2.24, 2.45) is 0 Å². The number of aromatic nitrogens is 2. The van der Waals surface area contributed by atoms with E-state index >= 15 is 0 Å². The number of carbonyl (C=O) groups excluding carboxylic acids is 1. The third-order valence-electron chi connectivity index (χ3n) is 3.74. The second-order valence-corrected chi connectivity index (χ2v) is 5.48. The smallest absolute Gasteiger partial charge is 0.318 e. The summed E-state index contributed by atoms with van der Waals surface area (Å²) in [5.41, 5.74) is -1.18. The summed E-state index contributed by atoms with van der Waals surface area (Å²) in [5, 5.41) is 2.18. The number of nitrogens with zero attached hydrogens (tertiary/aromatic N) is 2. The van der Waals surface area contributed by atoms with E-state index in [-0.39, 0.29) is 23.5 Å². The fourth-order valence-corrected chi connectivity index (χ4v) is 2.52. The molecular weight excluding hydrogens is 357 g/mol. The van der Waals surface area contributed by atoms with Crippen molar-refractivity contribution >= 4 is 17.2 Å².